The Labute approximate surface area is 116 Å². The van der Waals surface area contributed by atoms with Crippen LogP contribution in [0.15, 0.2) is 30.5 Å². The second kappa shape index (κ2) is 7.41. The molecule has 5 heteroatoms. The summed E-state index contributed by atoms with van der Waals surface area (Å²) in [5.41, 5.74) is 4.13. The molecule has 0 saturated heterocycles. The van der Waals surface area contributed by atoms with Crippen molar-refractivity contribution in [2.45, 2.75) is 20.3 Å². The summed E-state index contributed by atoms with van der Waals surface area (Å²) < 4.78 is 0. The van der Waals surface area contributed by atoms with E-state index in [1.807, 2.05) is 31.2 Å². The fourth-order valence-electron chi connectivity index (χ4n) is 1.60. The van der Waals surface area contributed by atoms with Crippen molar-refractivity contribution >= 4 is 17.8 Å². The fourth-order valence-corrected chi connectivity index (χ4v) is 1.91. The van der Waals surface area contributed by atoms with Crippen LogP contribution < -0.4 is 0 Å². The minimum absolute atomic E-state index is 0.250. The summed E-state index contributed by atoms with van der Waals surface area (Å²) in [6.07, 6.45) is 2.93. The molecule has 0 unspecified atom stereocenters. The standard InChI is InChI=1S/C13H13ClN2.CO2/c1-3-10-4-5-11(7-12(10)14)13-6-9(2)8-15-16-13;2-1-3/h4-8H,3H2,1-2H3;. The average molecular weight is 277 g/mol. The fraction of sp³-hybridized carbons (Fsp3) is 0.214. The Kier molecular flexibility index (Phi) is 5.86. The third-order valence-electron chi connectivity index (χ3n) is 2.52. The number of benzene rings is 1. The molecule has 19 heavy (non-hydrogen) atoms. The van der Waals surface area contributed by atoms with Crippen LogP contribution in [-0.4, -0.2) is 16.3 Å². The molecule has 0 atom stereocenters. The molecular weight excluding hydrogens is 264 g/mol. The van der Waals surface area contributed by atoms with Gasteiger partial charge in [-0.1, -0.05) is 30.7 Å². The lowest BCUT2D eigenvalue weighted by Crippen LogP contribution is -1.90. The molecule has 0 amide bonds. The van der Waals surface area contributed by atoms with E-state index in [0.29, 0.717) is 0 Å². The molecule has 4 nitrogen and oxygen atoms in total. The van der Waals surface area contributed by atoms with Crippen molar-refractivity contribution in [3.63, 3.8) is 0 Å². The van der Waals surface area contributed by atoms with Crippen molar-refractivity contribution in [1.29, 1.82) is 0 Å². The highest BCUT2D eigenvalue weighted by molar-refractivity contribution is 6.31. The molecule has 1 aromatic carbocycles. The van der Waals surface area contributed by atoms with E-state index in [-0.39, 0.29) is 6.15 Å². The van der Waals surface area contributed by atoms with Crippen molar-refractivity contribution in [3.05, 3.63) is 46.6 Å². The highest BCUT2D eigenvalue weighted by atomic mass is 35.5. The Balaban J connectivity index is 0.000000550. The lowest BCUT2D eigenvalue weighted by molar-refractivity contribution is -0.191. The number of rotatable bonds is 2. The average Bonchev–Trinajstić information content (AvgIpc) is 2.39. The van der Waals surface area contributed by atoms with Crippen molar-refractivity contribution in [2.75, 3.05) is 0 Å². The Morgan fingerprint density at radius 2 is 1.95 bits per heavy atom. The Hall–Kier alpha value is -2.03. The Morgan fingerprint density at radius 3 is 2.47 bits per heavy atom. The second-order valence-electron chi connectivity index (χ2n) is 3.86. The summed E-state index contributed by atoms with van der Waals surface area (Å²) in [5, 5.41) is 8.83. The number of hydrogen-bond acceptors (Lipinski definition) is 4. The summed E-state index contributed by atoms with van der Waals surface area (Å²) in [4.78, 5) is 16.2. The smallest absolute Gasteiger partial charge is 0.186 e. The van der Waals surface area contributed by atoms with Crippen LogP contribution in [0.4, 0.5) is 0 Å². The number of carbonyl (C=O) groups excluding carboxylic acids is 2. The molecule has 1 heterocycles. The van der Waals surface area contributed by atoms with Crippen LogP contribution in [0.25, 0.3) is 11.3 Å². The topological polar surface area (TPSA) is 59.9 Å². The molecule has 0 bridgehead atoms. The van der Waals surface area contributed by atoms with Crippen LogP contribution in [0.2, 0.25) is 5.02 Å². The van der Waals surface area contributed by atoms with Crippen molar-refractivity contribution in [1.82, 2.24) is 10.2 Å². The first-order valence-electron chi connectivity index (χ1n) is 5.69. The lowest BCUT2D eigenvalue weighted by atomic mass is 10.1. The van der Waals surface area contributed by atoms with Gasteiger partial charge < -0.3 is 0 Å². The summed E-state index contributed by atoms with van der Waals surface area (Å²) in [6.45, 7) is 4.09. The molecule has 2 aromatic rings. The van der Waals surface area contributed by atoms with E-state index in [9.17, 15) is 0 Å². The second-order valence-corrected chi connectivity index (χ2v) is 4.27. The number of halogens is 1. The zero-order valence-electron chi connectivity index (χ0n) is 10.7. The predicted octanol–water partition coefficient (Wildman–Crippen LogP) is 3.08. The van der Waals surface area contributed by atoms with Gasteiger partial charge in [0, 0.05) is 10.6 Å². The minimum Gasteiger partial charge on any atom is -0.186 e. The van der Waals surface area contributed by atoms with E-state index < -0.39 is 0 Å². The molecule has 0 radical (unpaired) electrons. The largest absolute Gasteiger partial charge is 0.373 e. The highest BCUT2D eigenvalue weighted by Crippen LogP contribution is 2.24. The maximum absolute atomic E-state index is 8.12. The molecule has 2 rings (SSSR count). The third kappa shape index (κ3) is 4.28. The summed E-state index contributed by atoms with van der Waals surface area (Å²) in [5.74, 6) is 0. The third-order valence-corrected chi connectivity index (χ3v) is 2.87. The van der Waals surface area contributed by atoms with Gasteiger partial charge in [0.05, 0.1) is 11.9 Å². The van der Waals surface area contributed by atoms with E-state index in [2.05, 4.69) is 17.1 Å². The number of nitrogens with zero attached hydrogens (tertiary/aromatic N) is 2. The molecule has 0 spiro atoms. The zero-order valence-corrected chi connectivity index (χ0v) is 11.4. The van der Waals surface area contributed by atoms with Crippen LogP contribution in [-0.2, 0) is 16.0 Å². The van der Waals surface area contributed by atoms with Crippen molar-refractivity contribution in [2.24, 2.45) is 0 Å². The van der Waals surface area contributed by atoms with E-state index in [1.165, 1.54) is 0 Å². The van der Waals surface area contributed by atoms with Gasteiger partial charge in [-0.2, -0.15) is 19.8 Å². The zero-order chi connectivity index (χ0) is 14.3. The van der Waals surface area contributed by atoms with Crippen LogP contribution in [0.5, 0.6) is 0 Å². The number of aromatic nitrogens is 2. The first-order chi connectivity index (χ1) is 9.12. The molecule has 98 valence electrons. The monoisotopic (exact) mass is 276 g/mol. The van der Waals surface area contributed by atoms with Crippen molar-refractivity contribution < 1.29 is 9.59 Å². The summed E-state index contributed by atoms with van der Waals surface area (Å²) in [7, 11) is 0. The molecule has 0 aliphatic heterocycles. The van der Waals surface area contributed by atoms with Gasteiger partial charge in [-0.3, -0.25) is 0 Å². The predicted molar refractivity (Wildman–Crippen MR) is 71.6 cm³/mol. The van der Waals surface area contributed by atoms with Gasteiger partial charge in [0.15, 0.2) is 0 Å². The van der Waals surface area contributed by atoms with Gasteiger partial charge in [0.1, 0.15) is 0 Å². The normalized spacial score (nSPS) is 9.21. The van der Waals surface area contributed by atoms with E-state index in [1.54, 1.807) is 6.20 Å². The first kappa shape index (κ1) is 15.0. The Morgan fingerprint density at radius 1 is 1.26 bits per heavy atom. The molecule has 0 fully saturated rings. The van der Waals surface area contributed by atoms with Crippen LogP contribution >= 0.6 is 11.6 Å². The highest BCUT2D eigenvalue weighted by Gasteiger charge is 2.04. The van der Waals surface area contributed by atoms with Crippen LogP contribution in [0.1, 0.15) is 18.1 Å². The van der Waals surface area contributed by atoms with Crippen LogP contribution in [0, 0.1) is 6.92 Å². The van der Waals surface area contributed by atoms with Gasteiger partial charge in [0.25, 0.3) is 0 Å². The van der Waals surface area contributed by atoms with E-state index in [0.717, 1.165) is 33.8 Å². The minimum atomic E-state index is 0.250. The molecule has 0 aliphatic rings. The quantitative estimate of drug-likeness (QED) is 0.846. The van der Waals surface area contributed by atoms with Gasteiger partial charge in [0.2, 0.25) is 0 Å². The number of aryl methyl sites for hydroxylation is 2. The molecule has 1 aromatic heterocycles. The van der Waals surface area contributed by atoms with Gasteiger partial charge in [-0.05, 0) is 36.6 Å². The van der Waals surface area contributed by atoms with Gasteiger partial charge in [-0.25, -0.2) is 0 Å². The Bertz CT molecular complexity index is 594. The van der Waals surface area contributed by atoms with E-state index >= 15 is 0 Å². The molecule has 0 aliphatic carbocycles. The van der Waals surface area contributed by atoms with Crippen LogP contribution in [0.3, 0.4) is 0 Å². The lowest BCUT2D eigenvalue weighted by Gasteiger charge is -2.05. The maximum Gasteiger partial charge on any atom is 0.373 e. The SMILES string of the molecule is CCc1ccc(-c2cc(C)cnn2)cc1Cl.O=C=O. The van der Waals surface area contributed by atoms with E-state index in [4.69, 9.17) is 21.2 Å². The molecular formula is C14H13ClN2O2. The summed E-state index contributed by atoms with van der Waals surface area (Å²) in [6, 6.07) is 8.03. The number of hydrogen-bond donors (Lipinski definition) is 0. The van der Waals surface area contributed by atoms with Gasteiger partial charge >= 0.3 is 6.15 Å². The first-order valence-corrected chi connectivity index (χ1v) is 6.07. The van der Waals surface area contributed by atoms with Gasteiger partial charge in [-0.15, -0.1) is 0 Å². The van der Waals surface area contributed by atoms with Crippen molar-refractivity contribution in [3.8, 4) is 11.3 Å². The molecule has 0 N–H and O–H groups in total. The summed E-state index contributed by atoms with van der Waals surface area (Å²) >= 11 is 6.17. The maximum atomic E-state index is 8.12. The molecule has 0 saturated carbocycles.